The number of phenols is 1. The van der Waals surface area contributed by atoms with Gasteiger partial charge < -0.3 is 5.11 Å². The van der Waals surface area contributed by atoms with E-state index in [1.54, 1.807) is 0 Å². The van der Waals surface area contributed by atoms with Crippen molar-refractivity contribution < 1.29 is 19.9 Å². The molecule has 3 aromatic carbocycles. The van der Waals surface area contributed by atoms with Crippen LogP contribution in [0.3, 0.4) is 0 Å². The van der Waals surface area contributed by atoms with Gasteiger partial charge in [-0.2, -0.15) is 0 Å². The third kappa shape index (κ3) is 4.59. The van der Waals surface area contributed by atoms with Gasteiger partial charge in [0.15, 0.2) is 0 Å². The number of pyridine rings is 2. The van der Waals surface area contributed by atoms with E-state index in [0.29, 0.717) is 12.1 Å². The van der Waals surface area contributed by atoms with Crippen LogP contribution in [0, 0.1) is 30.3 Å². The fourth-order valence-corrected chi connectivity index (χ4v) is 3.61. The van der Waals surface area contributed by atoms with Gasteiger partial charge in [-0.05, 0) is 41.5 Å². The first kappa shape index (κ1) is 23.6. The molecule has 5 rings (SSSR count). The molecule has 0 aliphatic heterocycles. The van der Waals surface area contributed by atoms with Gasteiger partial charge in [-0.3, -0.25) is 40.3 Å². The molecule has 0 aliphatic carbocycles. The largest absolute Gasteiger partial charge is 0.497 e. The van der Waals surface area contributed by atoms with Gasteiger partial charge in [-0.15, -0.1) is 0 Å². The summed E-state index contributed by atoms with van der Waals surface area (Å²) in [5, 5.41) is 42.5. The Balaban J connectivity index is 0.000000175. The van der Waals surface area contributed by atoms with Crippen LogP contribution in [0.15, 0.2) is 85.2 Å². The van der Waals surface area contributed by atoms with Gasteiger partial charge in [0.1, 0.15) is 0 Å². The summed E-state index contributed by atoms with van der Waals surface area (Å²) in [4.78, 5) is 36.7. The van der Waals surface area contributed by atoms with Crippen LogP contribution < -0.4 is 0 Å². The van der Waals surface area contributed by atoms with Crippen LogP contribution in [-0.4, -0.2) is 29.8 Å². The lowest BCUT2D eigenvalue weighted by atomic mass is 10.00. The van der Waals surface area contributed by atoms with Crippen LogP contribution in [0.4, 0.5) is 17.1 Å². The Morgan fingerprint density at radius 1 is 0.667 bits per heavy atom. The molecule has 0 spiro atoms. The van der Waals surface area contributed by atoms with E-state index >= 15 is 0 Å². The molecule has 0 saturated carbocycles. The van der Waals surface area contributed by atoms with E-state index in [4.69, 9.17) is 5.11 Å². The average molecular weight is 485 g/mol. The van der Waals surface area contributed by atoms with Crippen molar-refractivity contribution in [1.29, 1.82) is 0 Å². The third-order valence-electron chi connectivity index (χ3n) is 5.24. The van der Waals surface area contributed by atoms with Crippen molar-refractivity contribution in [1.82, 2.24) is 9.97 Å². The Morgan fingerprint density at radius 2 is 1.33 bits per heavy atom. The zero-order valence-electron chi connectivity index (χ0n) is 18.2. The number of hydrogen-bond donors (Lipinski definition) is 1. The minimum atomic E-state index is -1.21. The lowest BCUT2D eigenvalue weighted by Gasteiger charge is -2.08. The maximum atomic E-state index is 10.4. The summed E-state index contributed by atoms with van der Waals surface area (Å²) in [6.45, 7) is 0. The van der Waals surface area contributed by atoms with Crippen molar-refractivity contribution >= 4 is 38.9 Å². The molecule has 0 saturated heterocycles. The number of nitro benzene ring substituents is 3. The molecule has 0 fully saturated rings. The molecule has 0 unspecified atom stereocenters. The predicted octanol–water partition coefficient (Wildman–Crippen LogP) is 5.57. The van der Waals surface area contributed by atoms with Crippen LogP contribution in [-0.2, 0) is 0 Å². The van der Waals surface area contributed by atoms with Gasteiger partial charge in [0.25, 0.3) is 11.4 Å². The van der Waals surface area contributed by atoms with Crippen LogP contribution in [0.5, 0.6) is 5.75 Å². The highest BCUT2D eigenvalue weighted by Crippen LogP contribution is 2.39. The molecule has 12 nitrogen and oxygen atoms in total. The van der Waals surface area contributed by atoms with E-state index in [0.717, 1.165) is 16.4 Å². The molecule has 5 aromatic rings. The molecule has 0 radical (unpaired) electrons. The molecule has 2 heterocycles. The summed E-state index contributed by atoms with van der Waals surface area (Å²) in [5.41, 5.74) is 1.41. The maximum Gasteiger partial charge on any atom is 0.324 e. The fraction of sp³-hybridized carbons (Fsp3) is 0. The third-order valence-corrected chi connectivity index (χ3v) is 5.24. The number of hydrogen-bond acceptors (Lipinski definition) is 9. The average Bonchev–Trinajstić information content (AvgIpc) is 2.88. The summed E-state index contributed by atoms with van der Waals surface area (Å²) < 4.78 is 0. The van der Waals surface area contributed by atoms with Crippen molar-refractivity contribution in [2.75, 3.05) is 0 Å². The van der Waals surface area contributed by atoms with Gasteiger partial charge in [0.2, 0.25) is 0 Å². The number of aromatic nitrogens is 2. The first-order valence-corrected chi connectivity index (χ1v) is 10.3. The van der Waals surface area contributed by atoms with Crippen LogP contribution in [0.25, 0.3) is 32.9 Å². The van der Waals surface area contributed by atoms with Crippen molar-refractivity contribution in [3.05, 3.63) is 116 Å². The number of rotatable bonds is 4. The Bertz CT molecular complexity index is 1610. The van der Waals surface area contributed by atoms with E-state index in [-0.39, 0.29) is 0 Å². The number of aromatic hydroxyl groups is 1. The molecular weight excluding hydrogens is 470 g/mol. The smallest absolute Gasteiger partial charge is 0.324 e. The highest BCUT2D eigenvalue weighted by Gasteiger charge is 2.30. The van der Waals surface area contributed by atoms with Crippen molar-refractivity contribution in [3.8, 4) is 16.9 Å². The lowest BCUT2D eigenvalue weighted by Crippen LogP contribution is -1.97. The monoisotopic (exact) mass is 485 g/mol. The zero-order valence-corrected chi connectivity index (χ0v) is 18.2. The summed E-state index contributed by atoms with van der Waals surface area (Å²) in [7, 11) is 0. The fourth-order valence-electron chi connectivity index (χ4n) is 3.61. The zero-order chi connectivity index (χ0) is 25.8. The first-order chi connectivity index (χ1) is 17.3. The molecule has 36 heavy (non-hydrogen) atoms. The van der Waals surface area contributed by atoms with E-state index in [2.05, 4.69) is 58.5 Å². The molecule has 2 aromatic heterocycles. The second-order valence-electron chi connectivity index (χ2n) is 7.36. The van der Waals surface area contributed by atoms with Gasteiger partial charge >= 0.3 is 11.4 Å². The Morgan fingerprint density at radius 3 is 1.94 bits per heavy atom. The topological polar surface area (TPSA) is 175 Å². The molecule has 0 atom stereocenters. The molecule has 0 amide bonds. The van der Waals surface area contributed by atoms with Gasteiger partial charge in [-0.25, -0.2) is 0 Å². The second kappa shape index (κ2) is 9.77. The van der Waals surface area contributed by atoms with Crippen molar-refractivity contribution in [2.24, 2.45) is 0 Å². The van der Waals surface area contributed by atoms with Gasteiger partial charge in [0.05, 0.1) is 37.9 Å². The van der Waals surface area contributed by atoms with Crippen LogP contribution in [0.1, 0.15) is 0 Å². The summed E-state index contributed by atoms with van der Waals surface area (Å²) >= 11 is 0. The Hall–Kier alpha value is -5.52. The minimum Gasteiger partial charge on any atom is -0.497 e. The minimum absolute atomic E-state index is 0.447. The number of nitro groups is 3. The number of phenolic OH excluding ortho intramolecular Hbond substituents is 1. The van der Waals surface area contributed by atoms with E-state index in [1.807, 2.05) is 24.5 Å². The van der Waals surface area contributed by atoms with E-state index in [1.165, 1.54) is 16.5 Å². The lowest BCUT2D eigenvalue weighted by molar-refractivity contribution is -0.404. The molecule has 1 N–H and O–H groups in total. The standard InChI is InChI=1S/C18H12N2.C6H3N3O7/c1-2-5-13(6-3-1)14-10-12-20-18-15(14)8-9-17-16(18)7-4-11-19-17;10-6-4(8(13)14)1-3(7(11)12)2-5(6)9(15)16/h1-12H;1-2,10H. The van der Waals surface area contributed by atoms with E-state index in [9.17, 15) is 30.3 Å². The van der Waals surface area contributed by atoms with Gasteiger partial charge in [0, 0.05) is 23.2 Å². The second-order valence-corrected chi connectivity index (χ2v) is 7.36. The summed E-state index contributed by atoms with van der Waals surface area (Å²) in [6.07, 6.45) is 3.69. The van der Waals surface area contributed by atoms with Crippen LogP contribution >= 0.6 is 0 Å². The SMILES string of the molecule is O=[N+]([O-])c1cc([N+](=O)[O-])c(O)c([N+](=O)[O-])c1.c1ccc(-c2ccnc3c2ccc2ncccc23)cc1. The van der Waals surface area contributed by atoms with Crippen LogP contribution in [0.2, 0.25) is 0 Å². The van der Waals surface area contributed by atoms with Gasteiger partial charge in [-0.1, -0.05) is 30.3 Å². The molecule has 0 bridgehead atoms. The number of non-ortho nitro benzene ring substituents is 1. The van der Waals surface area contributed by atoms with E-state index < -0.39 is 37.6 Å². The first-order valence-electron chi connectivity index (χ1n) is 10.3. The Kier molecular flexibility index (Phi) is 6.41. The number of nitrogens with zero attached hydrogens (tertiary/aromatic N) is 5. The maximum absolute atomic E-state index is 10.4. The summed E-state index contributed by atoms with van der Waals surface area (Å²) in [6, 6.07) is 21.6. The highest BCUT2D eigenvalue weighted by atomic mass is 16.6. The van der Waals surface area contributed by atoms with Crippen molar-refractivity contribution in [2.45, 2.75) is 0 Å². The highest BCUT2D eigenvalue weighted by molar-refractivity contribution is 6.08. The molecular formula is C24H15N5O7. The summed E-state index contributed by atoms with van der Waals surface area (Å²) in [5.74, 6) is -1.21. The molecule has 178 valence electrons. The Labute approximate surface area is 201 Å². The molecule has 12 heteroatoms. The van der Waals surface area contributed by atoms with Crippen molar-refractivity contribution in [3.63, 3.8) is 0 Å². The number of fused-ring (bicyclic) bond motifs is 3. The quantitative estimate of drug-likeness (QED) is 0.194. The predicted molar refractivity (Wildman–Crippen MR) is 131 cm³/mol. The molecule has 0 aliphatic rings. The number of benzene rings is 3. The normalized spacial score (nSPS) is 10.4.